The number of carbonyl (C=O) groups is 1. The molecule has 1 rings (SSSR count). The van der Waals surface area contributed by atoms with Crippen molar-refractivity contribution in [2.45, 2.75) is 25.6 Å². The average Bonchev–Trinajstić information content (AvgIpc) is 2.36. The second-order valence-electron chi connectivity index (χ2n) is 4.76. The van der Waals surface area contributed by atoms with Crippen LogP contribution >= 0.6 is 15.9 Å². The molecule has 1 aromatic rings. The fraction of sp³-hybridized carbons (Fsp3) is 0.333. The van der Waals surface area contributed by atoms with Crippen LogP contribution in [0.1, 0.15) is 29.8 Å². The van der Waals surface area contributed by atoms with Crippen LogP contribution in [0.25, 0.3) is 0 Å². The molecule has 1 amide bonds. The standard InChI is InChI=1S/C12H13BrF3N3O2/c1-11(2,10(17)19-21)18-9(20)7-5-6(12(14,15)16)3-4-8(7)13/h3-5,21H,1-2H3,(H2,17,19)(H,18,20). The molecule has 0 bridgehead atoms. The van der Waals surface area contributed by atoms with E-state index in [4.69, 9.17) is 10.9 Å². The molecule has 21 heavy (non-hydrogen) atoms. The van der Waals surface area contributed by atoms with E-state index in [1.165, 1.54) is 13.8 Å². The Bertz CT molecular complexity index is 586. The highest BCUT2D eigenvalue weighted by molar-refractivity contribution is 9.10. The maximum atomic E-state index is 12.7. The van der Waals surface area contributed by atoms with E-state index < -0.39 is 23.2 Å². The lowest BCUT2D eigenvalue weighted by atomic mass is 10.0. The monoisotopic (exact) mass is 367 g/mol. The minimum Gasteiger partial charge on any atom is -0.409 e. The Kier molecular flexibility index (Phi) is 4.87. The number of amides is 1. The first-order valence-electron chi connectivity index (χ1n) is 5.66. The molecule has 9 heteroatoms. The smallest absolute Gasteiger partial charge is 0.409 e. The molecule has 5 nitrogen and oxygen atoms in total. The summed E-state index contributed by atoms with van der Waals surface area (Å²) in [7, 11) is 0. The third kappa shape index (κ3) is 4.10. The number of rotatable bonds is 3. The van der Waals surface area contributed by atoms with E-state index in [1.807, 2.05) is 0 Å². The molecule has 0 aliphatic rings. The van der Waals surface area contributed by atoms with Crippen molar-refractivity contribution < 1.29 is 23.2 Å². The molecule has 0 fully saturated rings. The van der Waals surface area contributed by atoms with Gasteiger partial charge in [-0.3, -0.25) is 4.79 Å². The molecule has 116 valence electrons. The van der Waals surface area contributed by atoms with Gasteiger partial charge in [0.15, 0.2) is 5.84 Å². The molecule has 0 aromatic heterocycles. The number of amidine groups is 1. The van der Waals surface area contributed by atoms with Gasteiger partial charge in [-0.05, 0) is 48.0 Å². The van der Waals surface area contributed by atoms with Crippen LogP contribution in [-0.2, 0) is 6.18 Å². The van der Waals surface area contributed by atoms with Crippen LogP contribution in [0, 0.1) is 0 Å². The highest BCUT2D eigenvalue weighted by Crippen LogP contribution is 2.32. The maximum absolute atomic E-state index is 12.7. The van der Waals surface area contributed by atoms with Crippen LogP contribution in [0.5, 0.6) is 0 Å². The van der Waals surface area contributed by atoms with Crippen molar-refractivity contribution in [2.24, 2.45) is 10.9 Å². The zero-order valence-corrected chi connectivity index (χ0v) is 12.7. The molecular weight excluding hydrogens is 355 g/mol. The number of oxime groups is 1. The summed E-state index contributed by atoms with van der Waals surface area (Å²) in [5.74, 6) is -1.07. The van der Waals surface area contributed by atoms with E-state index in [-0.39, 0.29) is 15.9 Å². The zero-order valence-electron chi connectivity index (χ0n) is 11.1. The molecule has 0 saturated heterocycles. The number of benzene rings is 1. The largest absolute Gasteiger partial charge is 0.416 e. The molecule has 0 atom stereocenters. The van der Waals surface area contributed by atoms with Crippen LogP contribution in [0.3, 0.4) is 0 Å². The Morgan fingerprint density at radius 3 is 2.43 bits per heavy atom. The number of hydrogen-bond acceptors (Lipinski definition) is 3. The number of nitrogens with zero attached hydrogens (tertiary/aromatic N) is 1. The molecule has 0 unspecified atom stereocenters. The summed E-state index contributed by atoms with van der Waals surface area (Å²) in [5, 5.41) is 13.8. The topological polar surface area (TPSA) is 87.7 Å². The Morgan fingerprint density at radius 2 is 1.95 bits per heavy atom. The summed E-state index contributed by atoms with van der Waals surface area (Å²) in [6, 6.07) is 2.71. The summed E-state index contributed by atoms with van der Waals surface area (Å²) in [5.41, 5.74) is 3.03. The van der Waals surface area contributed by atoms with Crippen molar-refractivity contribution in [3.8, 4) is 0 Å². The van der Waals surface area contributed by atoms with Gasteiger partial charge >= 0.3 is 6.18 Å². The Labute approximate surface area is 127 Å². The SMILES string of the molecule is CC(C)(NC(=O)c1cc(C(F)(F)F)ccc1Br)/C(N)=N/O. The number of hydrogen-bond donors (Lipinski definition) is 3. The zero-order chi connectivity index (χ0) is 16.4. The molecule has 0 heterocycles. The van der Waals surface area contributed by atoms with Gasteiger partial charge < -0.3 is 16.3 Å². The van der Waals surface area contributed by atoms with E-state index in [0.717, 1.165) is 18.2 Å². The lowest BCUT2D eigenvalue weighted by molar-refractivity contribution is -0.137. The average molecular weight is 368 g/mol. The molecular formula is C12H13BrF3N3O2. The molecule has 4 N–H and O–H groups in total. The van der Waals surface area contributed by atoms with Gasteiger partial charge in [-0.15, -0.1) is 0 Å². The number of carbonyl (C=O) groups excluding carboxylic acids is 1. The normalized spacial score (nSPS) is 13.1. The van der Waals surface area contributed by atoms with E-state index in [0.29, 0.717) is 0 Å². The van der Waals surface area contributed by atoms with Crippen LogP contribution in [-0.4, -0.2) is 22.5 Å². The van der Waals surface area contributed by atoms with Gasteiger partial charge in [-0.1, -0.05) is 5.16 Å². The summed E-state index contributed by atoms with van der Waals surface area (Å²) < 4.78 is 38.2. The minimum atomic E-state index is -4.56. The van der Waals surface area contributed by atoms with E-state index in [9.17, 15) is 18.0 Å². The van der Waals surface area contributed by atoms with Crippen LogP contribution in [0.2, 0.25) is 0 Å². The quantitative estimate of drug-likeness (QED) is 0.332. The Hall–Kier alpha value is -1.77. The number of nitrogens with one attached hydrogen (secondary N) is 1. The molecule has 0 spiro atoms. The van der Waals surface area contributed by atoms with Crippen molar-refractivity contribution in [3.63, 3.8) is 0 Å². The molecule has 0 radical (unpaired) electrons. The van der Waals surface area contributed by atoms with Crippen LogP contribution in [0.15, 0.2) is 27.8 Å². The summed E-state index contributed by atoms with van der Waals surface area (Å²) in [4.78, 5) is 12.1. The summed E-state index contributed by atoms with van der Waals surface area (Å²) >= 11 is 3.02. The fourth-order valence-electron chi connectivity index (χ4n) is 1.42. The highest BCUT2D eigenvalue weighted by Gasteiger charge is 2.33. The lowest BCUT2D eigenvalue weighted by Gasteiger charge is -2.25. The number of halogens is 4. The maximum Gasteiger partial charge on any atom is 0.416 e. The molecule has 1 aromatic carbocycles. The molecule has 0 aliphatic heterocycles. The predicted octanol–water partition coefficient (Wildman–Crippen LogP) is 2.72. The van der Waals surface area contributed by atoms with Gasteiger partial charge in [0.2, 0.25) is 0 Å². The van der Waals surface area contributed by atoms with Crippen LogP contribution < -0.4 is 11.1 Å². The number of alkyl halides is 3. The van der Waals surface area contributed by atoms with Gasteiger partial charge in [0.05, 0.1) is 16.7 Å². The van der Waals surface area contributed by atoms with Gasteiger partial charge in [0.1, 0.15) is 0 Å². The summed E-state index contributed by atoms with van der Waals surface area (Å²) in [6.07, 6.45) is -4.56. The number of nitrogens with two attached hydrogens (primary N) is 1. The van der Waals surface area contributed by atoms with Crippen molar-refractivity contribution in [2.75, 3.05) is 0 Å². The first-order valence-corrected chi connectivity index (χ1v) is 6.45. The first-order chi connectivity index (χ1) is 9.49. The van der Waals surface area contributed by atoms with Gasteiger partial charge in [0, 0.05) is 4.47 Å². The van der Waals surface area contributed by atoms with Crippen LogP contribution in [0.4, 0.5) is 13.2 Å². The third-order valence-corrected chi connectivity index (χ3v) is 3.40. The first kappa shape index (κ1) is 17.3. The minimum absolute atomic E-state index is 0.198. The van der Waals surface area contributed by atoms with E-state index >= 15 is 0 Å². The predicted molar refractivity (Wildman–Crippen MR) is 74.1 cm³/mol. The van der Waals surface area contributed by atoms with Gasteiger partial charge in [-0.2, -0.15) is 13.2 Å². The van der Waals surface area contributed by atoms with Crippen molar-refractivity contribution >= 4 is 27.7 Å². The second kappa shape index (κ2) is 5.92. The molecule has 0 aliphatic carbocycles. The Balaban J connectivity index is 3.14. The second-order valence-corrected chi connectivity index (χ2v) is 5.61. The van der Waals surface area contributed by atoms with Crippen molar-refractivity contribution in [1.29, 1.82) is 0 Å². The van der Waals surface area contributed by atoms with E-state index in [2.05, 4.69) is 26.4 Å². The van der Waals surface area contributed by atoms with Gasteiger partial charge in [0.25, 0.3) is 5.91 Å². The van der Waals surface area contributed by atoms with E-state index in [1.54, 1.807) is 0 Å². The summed E-state index contributed by atoms with van der Waals surface area (Å²) in [6.45, 7) is 2.89. The van der Waals surface area contributed by atoms with Crippen molar-refractivity contribution in [3.05, 3.63) is 33.8 Å². The van der Waals surface area contributed by atoms with Gasteiger partial charge in [-0.25, -0.2) is 0 Å². The van der Waals surface area contributed by atoms with Crippen molar-refractivity contribution in [1.82, 2.24) is 5.32 Å². The Morgan fingerprint density at radius 1 is 1.38 bits per heavy atom. The highest BCUT2D eigenvalue weighted by atomic mass is 79.9. The third-order valence-electron chi connectivity index (χ3n) is 2.71. The fourth-order valence-corrected chi connectivity index (χ4v) is 1.84. The molecule has 0 saturated carbocycles. The lowest BCUT2D eigenvalue weighted by Crippen LogP contribution is -2.53.